The Hall–Kier alpha value is -0.810. The minimum absolute atomic E-state index is 0.186. The van der Waals surface area contributed by atoms with Crippen molar-refractivity contribution in [2.75, 3.05) is 0 Å². The molecule has 72 valence electrons. The highest BCUT2D eigenvalue weighted by atomic mass is 79.9. The van der Waals surface area contributed by atoms with Gasteiger partial charge in [0.1, 0.15) is 0 Å². The number of aryl methyl sites for hydroxylation is 2. The standard InChI is InChI=1S/C12H12BrN/c1-8-3-4-9(2)11(13)10(8)12(7-14)5-6-12/h3-4H,5-6H2,1-2H3. The topological polar surface area (TPSA) is 23.8 Å². The molecule has 14 heavy (non-hydrogen) atoms. The maximum absolute atomic E-state index is 9.18. The number of hydrogen-bond donors (Lipinski definition) is 0. The van der Waals surface area contributed by atoms with E-state index < -0.39 is 0 Å². The molecule has 0 spiro atoms. The highest BCUT2D eigenvalue weighted by Gasteiger charge is 2.47. The first-order valence-corrected chi connectivity index (χ1v) is 5.57. The fraction of sp³-hybridized carbons (Fsp3) is 0.417. The van der Waals surface area contributed by atoms with Crippen LogP contribution in [-0.2, 0) is 5.41 Å². The average Bonchev–Trinajstić information content (AvgIpc) is 2.93. The molecular weight excluding hydrogens is 238 g/mol. The van der Waals surface area contributed by atoms with Gasteiger partial charge in [0.05, 0.1) is 11.5 Å². The molecule has 0 radical (unpaired) electrons. The Bertz CT molecular complexity index is 425. The van der Waals surface area contributed by atoms with Gasteiger partial charge in [0.25, 0.3) is 0 Å². The Labute approximate surface area is 92.9 Å². The molecule has 1 aromatic rings. The Morgan fingerprint density at radius 2 is 1.86 bits per heavy atom. The summed E-state index contributed by atoms with van der Waals surface area (Å²) in [6.45, 7) is 4.15. The zero-order valence-corrected chi connectivity index (χ0v) is 9.98. The summed E-state index contributed by atoms with van der Waals surface area (Å²) in [7, 11) is 0. The van der Waals surface area contributed by atoms with Crippen LogP contribution >= 0.6 is 15.9 Å². The molecule has 0 amide bonds. The molecule has 0 unspecified atom stereocenters. The summed E-state index contributed by atoms with van der Waals surface area (Å²) < 4.78 is 1.12. The van der Waals surface area contributed by atoms with Gasteiger partial charge in [-0.2, -0.15) is 5.26 Å². The fourth-order valence-electron chi connectivity index (χ4n) is 1.91. The summed E-state index contributed by atoms with van der Waals surface area (Å²) in [5.41, 5.74) is 3.46. The van der Waals surface area contributed by atoms with Crippen molar-refractivity contribution in [1.82, 2.24) is 0 Å². The zero-order chi connectivity index (χ0) is 10.3. The minimum Gasteiger partial charge on any atom is -0.197 e. The van der Waals surface area contributed by atoms with Crippen molar-refractivity contribution in [3.63, 3.8) is 0 Å². The molecule has 1 aliphatic carbocycles. The van der Waals surface area contributed by atoms with Crippen LogP contribution in [0.15, 0.2) is 16.6 Å². The smallest absolute Gasteiger partial charge is 0.0837 e. The molecule has 0 aliphatic heterocycles. The van der Waals surface area contributed by atoms with Gasteiger partial charge < -0.3 is 0 Å². The second-order valence-electron chi connectivity index (χ2n) is 4.08. The summed E-state index contributed by atoms with van der Waals surface area (Å²) in [6, 6.07) is 6.65. The summed E-state index contributed by atoms with van der Waals surface area (Å²) in [4.78, 5) is 0. The molecule has 0 heterocycles. The third-order valence-electron chi connectivity index (χ3n) is 2.99. The predicted molar refractivity (Wildman–Crippen MR) is 60.1 cm³/mol. The van der Waals surface area contributed by atoms with Crippen LogP contribution in [0, 0.1) is 25.2 Å². The van der Waals surface area contributed by atoms with E-state index in [0.29, 0.717) is 0 Å². The third-order valence-corrected chi connectivity index (χ3v) is 4.01. The Morgan fingerprint density at radius 1 is 1.29 bits per heavy atom. The molecule has 2 heteroatoms. The van der Waals surface area contributed by atoms with Crippen LogP contribution in [0.5, 0.6) is 0 Å². The van der Waals surface area contributed by atoms with Gasteiger partial charge in [-0.25, -0.2) is 0 Å². The van der Waals surface area contributed by atoms with Gasteiger partial charge in [0.2, 0.25) is 0 Å². The molecule has 1 fully saturated rings. The number of rotatable bonds is 1. The van der Waals surface area contributed by atoms with Crippen molar-refractivity contribution in [2.45, 2.75) is 32.1 Å². The normalized spacial score (nSPS) is 17.6. The molecule has 2 rings (SSSR count). The van der Waals surface area contributed by atoms with Crippen LogP contribution < -0.4 is 0 Å². The van der Waals surface area contributed by atoms with Gasteiger partial charge in [-0.15, -0.1) is 0 Å². The zero-order valence-electron chi connectivity index (χ0n) is 8.39. The van der Waals surface area contributed by atoms with E-state index in [1.807, 2.05) is 0 Å². The second kappa shape index (κ2) is 3.10. The van der Waals surface area contributed by atoms with Gasteiger partial charge in [-0.3, -0.25) is 0 Å². The number of benzene rings is 1. The van der Waals surface area contributed by atoms with Gasteiger partial charge in [0, 0.05) is 4.47 Å². The van der Waals surface area contributed by atoms with E-state index in [1.165, 1.54) is 16.7 Å². The average molecular weight is 250 g/mol. The van der Waals surface area contributed by atoms with E-state index in [0.717, 1.165) is 17.3 Å². The molecule has 0 atom stereocenters. The van der Waals surface area contributed by atoms with Crippen LogP contribution in [0.1, 0.15) is 29.5 Å². The highest BCUT2D eigenvalue weighted by molar-refractivity contribution is 9.10. The van der Waals surface area contributed by atoms with Crippen LogP contribution in [0.2, 0.25) is 0 Å². The van der Waals surface area contributed by atoms with E-state index in [2.05, 4.69) is 48.0 Å². The van der Waals surface area contributed by atoms with Crippen LogP contribution in [0.25, 0.3) is 0 Å². The summed E-state index contributed by atoms with van der Waals surface area (Å²) in [5.74, 6) is 0. The van der Waals surface area contributed by atoms with Gasteiger partial charge in [0.15, 0.2) is 0 Å². The first-order valence-electron chi connectivity index (χ1n) is 4.78. The molecular formula is C12H12BrN. The molecule has 0 N–H and O–H groups in total. The Morgan fingerprint density at radius 3 is 2.36 bits per heavy atom. The van der Waals surface area contributed by atoms with Crippen LogP contribution in [0.3, 0.4) is 0 Å². The minimum atomic E-state index is -0.186. The van der Waals surface area contributed by atoms with Crippen molar-refractivity contribution in [3.05, 3.63) is 33.3 Å². The third kappa shape index (κ3) is 1.27. The van der Waals surface area contributed by atoms with E-state index in [1.54, 1.807) is 0 Å². The molecule has 0 bridgehead atoms. The highest BCUT2D eigenvalue weighted by Crippen LogP contribution is 2.51. The van der Waals surface area contributed by atoms with E-state index in [4.69, 9.17) is 0 Å². The van der Waals surface area contributed by atoms with Crippen molar-refractivity contribution in [3.8, 4) is 6.07 Å². The lowest BCUT2D eigenvalue weighted by atomic mass is 9.92. The van der Waals surface area contributed by atoms with Gasteiger partial charge in [-0.05, 0) is 43.4 Å². The SMILES string of the molecule is Cc1ccc(C)c(C2(C#N)CC2)c1Br. The van der Waals surface area contributed by atoms with Crippen molar-refractivity contribution < 1.29 is 0 Å². The quantitative estimate of drug-likeness (QED) is 0.746. The first kappa shape index (κ1) is 9.73. The summed E-state index contributed by atoms with van der Waals surface area (Å²) in [6.07, 6.45) is 2.01. The monoisotopic (exact) mass is 249 g/mol. The number of nitriles is 1. The van der Waals surface area contributed by atoms with Crippen molar-refractivity contribution in [1.29, 1.82) is 5.26 Å². The Kier molecular flexibility index (Phi) is 2.16. The van der Waals surface area contributed by atoms with Gasteiger partial charge >= 0.3 is 0 Å². The molecule has 0 aromatic heterocycles. The maximum atomic E-state index is 9.18. The maximum Gasteiger partial charge on any atom is 0.0837 e. The lowest BCUT2D eigenvalue weighted by Gasteiger charge is -2.14. The van der Waals surface area contributed by atoms with E-state index in [-0.39, 0.29) is 5.41 Å². The van der Waals surface area contributed by atoms with Crippen LogP contribution in [-0.4, -0.2) is 0 Å². The number of halogens is 1. The molecule has 1 nitrogen and oxygen atoms in total. The number of hydrogen-bond acceptors (Lipinski definition) is 1. The second-order valence-corrected chi connectivity index (χ2v) is 4.88. The van der Waals surface area contributed by atoms with E-state index in [9.17, 15) is 5.26 Å². The molecule has 1 aromatic carbocycles. The molecule has 0 saturated heterocycles. The lowest BCUT2D eigenvalue weighted by molar-refractivity contribution is 0.884. The van der Waals surface area contributed by atoms with Crippen molar-refractivity contribution >= 4 is 15.9 Å². The fourth-order valence-corrected chi connectivity index (χ4v) is 2.73. The number of nitrogens with zero attached hydrogens (tertiary/aromatic N) is 1. The largest absolute Gasteiger partial charge is 0.197 e. The van der Waals surface area contributed by atoms with E-state index >= 15 is 0 Å². The molecule has 1 aliphatic rings. The summed E-state index contributed by atoms with van der Waals surface area (Å²) >= 11 is 3.60. The van der Waals surface area contributed by atoms with Gasteiger partial charge in [-0.1, -0.05) is 28.1 Å². The summed E-state index contributed by atoms with van der Waals surface area (Å²) in [5, 5.41) is 9.18. The first-order chi connectivity index (χ1) is 6.60. The van der Waals surface area contributed by atoms with Crippen molar-refractivity contribution in [2.24, 2.45) is 0 Å². The predicted octanol–water partition coefficient (Wildman–Crippen LogP) is 3.62. The van der Waals surface area contributed by atoms with Crippen LogP contribution in [0.4, 0.5) is 0 Å². The molecule has 1 saturated carbocycles. The Balaban J connectivity index is 2.64. The lowest BCUT2D eigenvalue weighted by Crippen LogP contribution is -2.07.